The summed E-state index contributed by atoms with van der Waals surface area (Å²) in [6, 6.07) is 13.8. The van der Waals surface area contributed by atoms with Crippen LogP contribution in [0.25, 0.3) is 0 Å². The van der Waals surface area contributed by atoms with E-state index < -0.39 is 0 Å². The second kappa shape index (κ2) is 13.3. The number of methoxy groups -OCH3 is 2. The molecule has 2 aromatic carbocycles. The summed E-state index contributed by atoms with van der Waals surface area (Å²) in [5.41, 5.74) is 2.23. The van der Waals surface area contributed by atoms with Crippen molar-refractivity contribution in [2.24, 2.45) is 4.99 Å². The SMILES string of the molecule is CN=C(NCCCOc1cccc(OC)c1)NCc1ccc(C)cc1OCCOC. The average molecular weight is 416 g/mol. The van der Waals surface area contributed by atoms with Crippen LogP contribution in [0.4, 0.5) is 0 Å². The molecule has 0 aliphatic heterocycles. The fraction of sp³-hybridized carbons (Fsp3) is 0.435. The molecule has 0 aliphatic rings. The number of benzene rings is 2. The maximum atomic E-state index is 5.85. The summed E-state index contributed by atoms with van der Waals surface area (Å²) >= 11 is 0. The first-order chi connectivity index (χ1) is 14.7. The Morgan fingerprint density at radius 3 is 2.53 bits per heavy atom. The van der Waals surface area contributed by atoms with Crippen molar-refractivity contribution in [2.75, 3.05) is 47.6 Å². The predicted molar refractivity (Wildman–Crippen MR) is 120 cm³/mol. The number of aliphatic imine (C=N–C) groups is 1. The first kappa shape index (κ1) is 23.3. The van der Waals surface area contributed by atoms with E-state index in [9.17, 15) is 0 Å². The third-order valence-electron chi connectivity index (χ3n) is 4.36. The molecule has 0 aromatic heterocycles. The van der Waals surface area contributed by atoms with Gasteiger partial charge in [-0.05, 0) is 37.1 Å². The Bertz CT molecular complexity index is 796. The molecule has 0 aliphatic carbocycles. The van der Waals surface area contributed by atoms with E-state index in [1.165, 1.54) is 0 Å². The van der Waals surface area contributed by atoms with Gasteiger partial charge in [-0.3, -0.25) is 4.99 Å². The minimum absolute atomic E-state index is 0.521. The van der Waals surface area contributed by atoms with Crippen LogP contribution in [-0.2, 0) is 11.3 Å². The van der Waals surface area contributed by atoms with Crippen LogP contribution >= 0.6 is 0 Å². The van der Waals surface area contributed by atoms with Gasteiger partial charge in [-0.15, -0.1) is 0 Å². The van der Waals surface area contributed by atoms with Crippen LogP contribution in [-0.4, -0.2) is 53.6 Å². The van der Waals surface area contributed by atoms with E-state index in [1.54, 1.807) is 21.3 Å². The zero-order valence-corrected chi connectivity index (χ0v) is 18.4. The highest BCUT2D eigenvalue weighted by Crippen LogP contribution is 2.20. The Labute approximate surface area is 179 Å². The molecule has 164 valence electrons. The van der Waals surface area contributed by atoms with Crippen LogP contribution in [0.1, 0.15) is 17.5 Å². The Morgan fingerprint density at radius 1 is 0.933 bits per heavy atom. The standard InChI is InChI=1S/C23H33N3O4/c1-18-9-10-19(22(15-18)30-14-13-27-3)17-26-23(24-2)25-11-6-12-29-21-8-5-7-20(16-21)28-4/h5,7-10,15-16H,6,11-14,17H2,1-4H3,(H2,24,25,26). The van der Waals surface area contributed by atoms with E-state index in [1.807, 2.05) is 30.3 Å². The number of aryl methyl sites for hydroxylation is 1. The van der Waals surface area contributed by atoms with Crippen molar-refractivity contribution in [3.05, 3.63) is 53.6 Å². The van der Waals surface area contributed by atoms with Crippen LogP contribution in [0.2, 0.25) is 0 Å². The lowest BCUT2D eigenvalue weighted by Crippen LogP contribution is -2.37. The maximum absolute atomic E-state index is 5.85. The Balaban J connectivity index is 1.74. The molecule has 2 aromatic rings. The van der Waals surface area contributed by atoms with Gasteiger partial charge in [0.1, 0.15) is 23.9 Å². The average Bonchev–Trinajstić information content (AvgIpc) is 2.77. The van der Waals surface area contributed by atoms with Crippen LogP contribution in [0.15, 0.2) is 47.5 Å². The summed E-state index contributed by atoms with van der Waals surface area (Å²) in [6.07, 6.45) is 0.841. The molecule has 0 amide bonds. The van der Waals surface area contributed by atoms with E-state index in [0.717, 1.165) is 47.3 Å². The minimum Gasteiger partial charge on any atom is -0.497 e. The molecule has 0 heterocycles. The molecule has 2 rings (SSSR count). The third-order valence-corrected chi connectivity index (χ3v) is 4.36. The normalized spacial score (nSPS) is 11.1. The highest BCUT2D eigenvalue weighted by molar-refractivity contribution is 5.79. The van der Waals surface area contributed by atoms with Gasteiger partial charge >= 0.3 is 0 Å². The number of hydrogen-bond acceptors (Lipinski definition) is 5. The molecular weight excluding hydrogens is 382 g/mol. The molecule has 0 bridgehead atoms. The predicted octanol–water partition coefficient (Wildman–Crippen LogP) is 3.16. The second-order valence-electron chi connectivity index (χ2n) is 6.69. The molecule has 0 saturated heterocycles. The van der Waals surface area contributed by atoms with Crippen LogP contribution in [0.3, 0.4) is 0 Å². The quantitative estimate of drug-likeness (QED) is 0.315. The summed E-state index contributed by atoms with van der Waals surface area (Å²) in [5, 5.41) is 6.63. The van der Waals surface area contributed by atoms with Gasteiger partial charge in [-0.1, -0.05) is 18.2 Å². The Kier molecular flexibility index (Phi) is 10.4. The monoisotopic (exact) mass is 415 g/mol. The number of rotatable bonds is 12. The summed E-state index contributed by atoms with van der Waals surface area (Å²) in [4.78, 5) is 4.28. The van der Waals surface area contributed by atoms with Gasteiger partial charge in [0.05, 0.1) is 20.3 Å². The first-order valence-electron chi connectivity index (χ1n) is 10.1. The second-order valence-corrected chi connectivity index (χ2v) is 6.69. The van der Waals surface area contributed by atoms with Crippen molar-refractivity contribution in [3.8, 4) is 17.2 Å². The van der Waals surface area contributed by atoms with Crippen molar-refractivity contribution in [1.82, 2.24) is 10.6 Å². The number of hydrogen-bond donors (Lipinski definition) is 2. The van der Waals surface area contributed by atoms with Crippen molar-refractivity contribution < 1.29 is 18.9 Å². The zero-order chi connectivity index (χ0) is 21.6. The van der Waals surface area contributed by atoms with E-state index in [0.29, 0.717) is 26.4 Å². The molecule has 30 heavy (non-hydrogen) atoms. The molecule has 0 spiro atoms. The number of guanidine groups is 1. The molecule has 0 radical (unpaired) electrons. The lowest BCUT2D eigenvalue weighted by atomic mass is 10.1. The van der Waals surface area contributed by atoms with Crippen LogP contribution in [0.5, 0.6) is 17.2 Å². The highest BCUT2D eigenvalue weighted by atomic mass is 16.5. The number of nitrogens with zero attached hydrogens (tertiary/aromatic N) is 1. The fourth-order valence-electron chi connectivity index (χ4n) is 2.74. The largest absolute Gasteiger partial charge is 0.497 e. The molecule has 2 N–H and O–H groups in total. The van der Waals surface area contributed by atoms with Gasteiger partial charge in [-0.2, -0.15) is 0 Å². The van der Waals surface area contributed by atoms with E-state index in [2.05, 4.69) is 34.7 Å². The number of ether oxygens (including phenoxy) is 4. The lowest BCUT2D eigenvalue weighted by molar-refractivity contribution is 0.145. The summed E-state index contributed by atoms with van der Waals surface area (Å²) in [6.45, 7) is 5.09. The third kappa shape index (κ3) is 8.21. The van der Waals surface area contributed by atoms with Crippen molar-refractivity contribution >= 4 is 5.96 Å². The smallest absolute Gasteiger partial charge is 0.191 e. The van der Waals surface area contributed by atoms with Crippen molar-refractivity contribution in [3.63, 3.8) is 0 Å². The molecule has 0 atom stereocenters. The van der Waals surface area contributed by atoms with E-state index >= 15 is 0 Å². The molecule has 7 heteroatoms. The van der Waals surface area contributed by atoms with Crippen LogP contribution < -0.4 is 24.8 Å². The van der Waals surface area contributed by atoms with Gasteiger partial charge in [0.25, 0.3) is 0 Å². The fourth-order valence-corrected chi connectivity index (χ4v) is 2.74. The molecule has 7 nitrogen and oxygen atoms in total. The van der Waals surface area contributed by atoms with E-state index in [4.69, 9.17) is 18.9 Å². The Morgan fingerprint density at radius 2 is 1.77 bits per heavy atom. The topological polar surface area (TPSA) is 73.3 Å². The van der Waals surface area contributed by atoms with E-state index in [-0.39, 0.29) is 0 Å². The van der Waals surface area contributed by atoms with Gasteiger partial charge in [-0.25, -0.2) is 0 Å². The van der Waals surface area contributed by atoms with Gasteiger partial charge in [0, 0.05) is 38.9 Å². The first-order valence-corrected chi connectivity index (χ1v) is 10.1. The maximum Gasteiger partial charge on any atom is 0.191 e. The van der Waals surface area contributed by atoms with Gasteiger partial charge in [0.2, 0.25) is 0 Å². The molecule has 0 fully saturated rings. The molecular formula is C23H33N3O4. The highest BCUT2D eigenvalue weighted by Gasteiger charge is 2.06. The number of nitrogens with one attached hydrogen (secondary N) is 2. The lowest BCUT2D eigenvalue weighted by Gasteiger charge is -2.15. The summed E-state index contributed by atoms with van der Waals surface area (Å²) < 4.78 is 21.9. The van der Waals surface area contributed by atoms with Crippen molar-refractivity contribution in [2.45, 2.75) is 19.9 Å². The minimum atomic E-state index is 0.521. The van der Waals surface area contributed by atoms with Crippen molar-refractivity contribution in [1.29, 1.82) is 0 Å². The Hall–Kier alpha value is -2.93. The van der Waals surface area contributed by atoms with Gasteiger partial charge < -0.3 is 29.6 Å². The molecule has 0 saturated carbocycles. The zero-order valence-electron chi connectivity index (χ0n) is 18.4. The summed E-state index contributed by atoms with van der Waals surface area (Å²) in [5.74, 6) is 3.19. The summed E-state index contributed by atoms with van der Waals surface area (Å²) in [7, 11) is 5.07. The van der Waals surface area contributed by atoms with Gasteiger partial charge in [0.15, 0.2) is 5.96 Å². The van der Waals surface area contributed by atoms with Crippen LogP contribution in [0, 0.1) is 6.92 Å². The molecule has 0 unspecified atom stereocenters.